The van der Waals surface area contributed by atoms with Crippen LogP contribution in [-0.2, 0) is 6.42 Å². The van der Waals surface area contributed by atoms with E-state index in [9.17, 15) is 0 Å². The quantitative estimate of drug-likeness (QED) is 0.722. The Hall–Kier alpha value is -2.36. The van der Waals surface area contributed by atoms with Crippen LogP contribution in [0.5, 0.6) is 0 Å². The highest BCUT2D eigenvalue weighted by Gasteiger charge is 2.15. The van der Waals surface area contributed by atoms with E-state index in [1.807, 2.05) is 36.4 Å². The number of aryl methyl sites for hydroxylation is 1. The first-order valence-corrected chi connectivity index (χ1v) is 6.60. The van der Waals surface area contributed by atoms with Gasteiger partial charge < -0.3 is 5.32 Å². The van der Waals surface area contributed by atoms with Gasteiger partial charge in [-0.05, 0) is 37.1 Å². The van der Waals surface area contributed by atoms with Gasteiger partial charge in [0, 0.05) is 17.8 Å². The summed E-state index contributed by atoms with van der Waals surface area (Å²) in [5.41, 5.74) is 5.49. The molecule has 3 aromatic rings. The molecule has 1 aliphatic heterocycles. The van der Waals surface area contributed by atoms with Crippen molar-refractivity contribution in [3.63, 3.8) is 0 Å². The summed E-state index contributed by atoms with van der Waals surface area (Å²) in [5, 5.41) is 12.7. The zero-order chi connectivity index (χ0) is 12.7. The van der Waals surface area contributed by atoms with E-state index >= 15 is 0 Å². The number of benzene rings is 2. The molecule has 1 aliphatic rings. The molecule has 19 heavy (non-hydrogen) atoms. The lowest BCUT2D eigenvalue weighted by Crippen LogP contribution is -2.11. The Bertz CT molecular complexity index is 730. The van der Waals surface area contributed by atoms with Crippen molar-refractivity contribution in [2.45, 2.75) is 12.8 Å². The van der Waals surface area contributed by atoms with Crippen LogP contribution in [0.3, 0.4) is 0 Å². The van der Waals surface area contributed by atoms with Gasteiger partial charge >= 0.3 is 0 Å². The molecule has 0 aliphatic carbocycles. The van der Waals surface area contributed by atoms with Crippen LogP contribution in [0.1, 0.15) is 12.0 Å². The van der Waals surface area contributed by atoms with Gasteiger partial charge in [0.2, 0.25) is 0 Å². The van der Waals surface area contributed by atoms with Crippen molar-refractivity contribution in [2.75, 3.05) is 11.9 Å². The fraction of sp³-hybridized carbons (Fsp3) is 0.200. The second-order valence-electron chi connectivity index (χ2n) is 4.81. The summed E-state index contributed by atoms with van der Waals surface area (Å²) in [4.78, 5) is 1.72. The zero-order valence-corrected chi connectivity index (χ0v) is 10.5. The van der Waals surface area contributed by atoms with Gasteiger partial charge in [-0.2, -0.15) is 4.80 Å². The Morgan fingerprint density at radius 2 is 1.89 bits per heavy atom. The summed E-state index contributed by atoms with van der Waals surface area (Å²) in [5.74, 6) is 0. The highest BCUT2D eigenvalue weighted by atomic mass is 15.5. The summed E-state index contributed by atoms with van der Waals surface area (Å²) in [6.07, 6.45) is 2.23. The number of nitrogens with zero attached hydrogens (tertiary/aromatic N) is 3. The number of hydrogen-bond acceptors (Lipinski definition) is 3. The normalized spacial score (nSPS) is 14.1. The van der Waals surface area contributed by atoms with Crippen molar-refractivity contribution in [1.82, 2.24) is 15.0 Å². The second-order valence-corrected chi connectivity index (χ2v) is 4.81. The third kappa shape index (κ3) is 1.68. The third-order valence-electron chi connectivity index (χ3n) is 3.56. The minimum absolute atomic E-state index is 0.964. The van der Waals surface area contributed by atoms with Crippen LogP contribution >= 0.6 is 0 Å². The molecule has 0 saturated heterocycles. The Balaban J connectivity index is 1.92. The van der Waals surface area contributed by atoms with Gasteiger partial charge in [-0.15, -0.1) is 10.2 Å². The summed E-state index contributed by atoms with van der Waals surface area (Å²) >= 11 is 0. The van der Waals surface area contributed by atoms with Crippen LogP contribution in [-0.4, -0.2) is 21.5 Å². The van der Waals surface area contributed by atoms with Crippen molar-refractivity contribution in [3.8, 4) is 5.69 Å². The molecule has 4 nitrogen and oxygen atoms in total. The van der Waals surface area contributed by atoms with Gasteiger partial charge in [0.25, 0.3) is 0 Å². The predicted molar refractivity (Wildman–Crippen MR) is 75.7 cm³/mol. The van der Waals surface area contributed by atoms with Gasteiger partial charge in [-0.1, -0.05) is 18.2 Å². The van der Waals surface area contributed by atoms with Gasteiger partial charge in [0.15, 0.2) is 0 Å². The molecule has 4 heteroatoms. The monoisotopic (exact) mass is 250 g/mol. The Labute approximate surface area is 111 Å². The molecule has 2 aromatic carbocycles. The van der Waals surface area contributed by atoms with E-state index in [0.717, 1.165) is 36.1 Å². The third-order valence-corrected chi connectivity index (χ3v) is 3.56. The van der Waals surface area contributed by atoms with Crippen LogP contribution in [0.2, 0.25) is 0 Å². The molecule has 0 atom stereocenters. The summed E-state index contributed by atoms with van der Waals surface area (Å²) in [6.45, 7) is 1.05. The SMILES string of the molecule is c1ccc(-n2nc3ccc4c(c3n2)CCCN4)cc1. The van der Waals surface area contributed by atoms with Gasteiger partial charge in [-0.3, -0.25) is 0 Å². The smallest absolute Gasteiger partial charge is 0.118 e. The molecule has 94 valence electrons. The number of para-hydroxylation sites is 1. The molecule has 0 bridgehead atoms. The molecule has 2 heterocycles. The van der Waals surface area contributed by atoms with Crippen molar-refractivity contribution in [3.05, 3.63) is 48.0 Å². The molecule has 1 aromatic heterocycles. The maximum Gasteiger partial charge on any atom is 0.118 e. The van der Waals surface area contributed by atoms with E-state index in [1.165, 1.54) is 11.3 Å². The number of aromatic nitrogens is 3. The van der Waals surface area contributed by atoms with Crippen LogP contribution in [0.15, 0.2) is 42.5 Å². The topological polar surface area (TPSA) is 42.7 Å². The Kier molecular flexibility index (Phi) is 2.27. The standard InChI is InChI=1S/C15H14N4/c1-2-5-11(6-3-1)19-17-14-9-8-13-12(15(14)18-19)7-4-10-16-13/h1-3,5-6,8-9,16H,4,7,10H2. The number of hydrogen-bond donors (Lipinski definition) is 1. The molecular weight excluding hydrogens is 236 g/mol. The molecule has 0 radical (unpaired) electrons. The van der Waals surface area contributed by atoms with Crippen molar-refractivity contribution >= 4 is 16.7 Å². The highest BCUT2D eigenvalue weighted by Crippen LogP contribution is 2.28. The summed E-state index contributed by atoms with van der Waals surface area (Å²) in [6, 6.07) is 14.2. The summed E-state index contributed by atoms with van der Waals surface area (Å²) < 4.78 is 0. The predicted octanol–water partition coefficient (Wildman–Crippen LogP) is 2.78. The lowest BCUT2D eigenvalue weighted by atomic mass is 10.0. The average Bonchev–Trinajstić information content (AvgIpc) is 2.93. The fourth-order valence-electron chi connectivity index (χ4n) is 2.62. The number of rotatable bonds is 1. The largest absolute Gasteiger partial charge is 0.385 e. The van der Waals surface area contributed by atoms with Crippen molar-refractivity contribution < 1.29 is 0 Å². The van der Waals surface area contributed by atoms with Crippen LogP contribution < -0.4 is 5.32 Å². The first-order chi connectivity index (χ1) is 9.42. The molecule has 1 N–H and O–H groups in total. The molecule has 4 rings (SSSR count). The van der Waals surface area contributed by atoms with E-state index in [-0.39, 0.29) is 0 Å². The molecule has 0 unspecified atom stereocenters. The molecule has 0 amide bonds. The summed E-state index contributed by atoms with van der Waals surface area (Å²) in [7, 11) is 0. The fourth-order valence-corrected chi connectivity index (χ4v) is 2.62. The first-order valence-electron chi connectivity index (χ1n) is 6.60. The zero-order valence-electron chi connectivity index (χ0n) is 10.5. The van der Waals surface area contributed by atoms with Crippen LogP contribution in [0.25, 0.3) is 16.7 Å². The molecule has 0 saturated carbocycles. The number of nitrogens with one attached hydrogen (secondary N) is 1. The lowest BCUT2D eigenvalue weighted by Gasteiger charge is -2.17. The van der Waals surface area contributed by atoms with Gasteiger partial charge in [-0.25, -0.2) is 0 Å². The van der Waals surface area contributed by atoms with E-state index < -0.39 is 0 Å². The molecular formula is C15H14N4. The maximum absolute atomic E-state index is 4.66. The molecule has 0 spiro atoms. The van der Waals surface area contributed by atoms with Crippen LogP contribution in [0, 0.1) is 0 Å². The van der Waals surface area contributed by atoms with Gasteiger partial charge in [0.1, 0.15) is 11.0 Å². The van der Waals surface area contributed by atoms with Gasteiger partial charge in [0.05, 0.1) is 5.69 Å². The average molecular weight is 250 g/mol. The minimum atomic E-state index is 0.964. The minimum Gasteiger partial charge on any atom is -0.385 e. The van der Waals surface area contributed by atoms with Crippen LogP contribution in [0.4, 0.5) is 5.69 Å². The maximum atomic E-state index is 4.66. The highest BCUT2D eigenvalue weighted by molar-refractivity contribution is 5.84. The number of fused-ring (bicyclic) bond motifs is 3. The second kappa shape index (κ2) is 4.09. The lowest BCUT2D eigenvalue weighted by molar-refractivity contribution is 0.762. The van der Waals surface area contributed by atoms with Crippen molar-refractivity contribution in [1.29, 1.82) is 0 Å². The first kappa shape index (κ1) is 10.6. The van der Waals surface area contributed by atoms with E-state index in [1.54, 1.807) is 4.80 Å². The van der Waals surface area contributed by atoms with E-state index in [0.29, 0.717) is 0 Å². The Morgan fingerprint density at radius 1 is 1.00 bits per heavy atom. The van der Waals surface area contributed by atoms with Crippen molar-refractivity contribution in [2.24, 2.45) is 0 Å². The Morgan fingerprint density at radius 3 is 2.79 bits per heavy atom. The molecule has 0 fully saturated rings. The van der Waals surface area contributed by atoms with E-state index in [4.69, 9.17) is 0 Å². The number of anilines is 1. The van der Waals surface area contributed by atoms with E-state index in [2.05, 4.69) is 21.6 Å².